The van der Waals surface area contributed by atoms with E-state index in [1.54, 1.807) is 14.2 Å². The second-order valence-corrected chi connectivity index (χ2v) is 8.00. The van der Waals surface area contributed by atoms with Crippen molar-refractivity contribution in [3.63, 3.8) is 0 Å². The molecule has 1 aromatic carbocycles. The highest BCUT2D eigenvalue weighted by Gasteiger charge is 2.19. The second-order valence-electron chi connectivity index (χ2n) is 6.17. The molecule has 0 amide bonds. The van der Waals surface area contributed by atoms with Gasteiger partial charge in [0.1, 0.15) is 5.75 Å². The molecule has 2 rings (SSSR count). The van der Waals surface area contributed by atoms with Crippen LogP contribution in [0.3, 0.4) is 0 Å². The van der Waals surface area contributed by atoms with Crippen molar-refractivity contribution in [3.8, 4) is 5.75 Å². The summed E-state index contributed by atoms with van der Waals surface area (Å²) in [5.41, 5.74) is 1.19. The number of hydrogen-bond acceptors (Lipinski definition) is 5. The SMILES string of the molecule is CN=C(NCCCNS(C)(=O)=O)N1CCN(c2ccc(OC)cc2)CC1. The Bertz CT molecular complexity index is 683. The molecule has 0 atom stereocenters. The number of methoxy groups -OCH3 is 1. The van der Waals surface area contributed by atoms with Crippen LogP contribution in [0.1, 0.15) is 6.42 Å². The topological polar surface area (TPSA) is 86.3 Å². The van der Waals surface area contributed by atoms with Crippen LogP contribution in [-0.4, -0.2) is 79.0 Å². The van der Waals surface area contributed by atoms with Crippen molar-refractivity contribution in [2.75, 3.05) is 64.6 Å². The first-order chi connectivity index (χ1) is 12.4. The predicted octanol–water partition coefficient (Wildman–Crippen LogP) is 0.332. The van der Waals surface area contributed by atoms with E-state index in [0.29, 0.717) is 19.5 Å². The monoisotopic (exact) mass is 383 g/mol. The zero-order valence-corrected chi connectivity index (χ0v) is 16.6. The summed E-state index contributed by atoms with van der Waals surface area (Å²) in [7, 11) is 0.321. The zero-order valence-electron chi connectivity index (χ0n) is 15.7. The van der Waals surface area contributed by atoms with Gasteiger partial charge in [0.25, 0.3) is 0 Å². The summed E-state index contributed by atoms with van der Waals surface area (Å²) >= 11 is 0. The van der Waals surface area contributed by atoms with E-state index in [2.05, 4.69) is 37.0 Å². The fraction of sp³-hybridized carbons (Fsp3) is 0.588. The number of hydrogen-bond donors (Lipinski definition) is 2. The van der Waals surface area contributed by atoms with Crippen molar-refractivity contribution in [2.24, 2.45) is 4.99 Å². The number of sulfonamides is 1. The molecule has 0 bridgehead atoms. The molecule has 146 valence electrons. The fourth-order valence-corrected chi connectivity index (χ4v) is 3.36. The van der Waals surface area contributed by atoms with Crippen molar-refractivity contribution in [1.82, 2.24) is 14.9 Å². The van der Waals surface area contributed by atoms with E-state index in [4.69, 9.17) is 4.74 Å². The molecular weight excluding hydrogens is 354 g/mol. The van der Waals surface area contributed by atoms with Gasteiger partial charge in [-0.1, -0.05) is 0 Å². The Balaban J connectivity index is 1.76. The minimum atomic E-state index is -3.12. The van der Waals surface area contributed by atoms with Crippen molar-refractivity contribution in [1.29, 1.82) is 0 Å². The van der Waals surface area contributed by atoms with Gasteiger partial charge in [0, 0.05) is 52.0 Å². The van der Waals surface area contributed by atoms with Crippen LogP contribution in [0.25, 0.3) is 0 Å². The first-order valence-electron chi connectivity index (χ1n) is 8.72. The number of anilines is 1. The molecule has 0 aliphatic carbocycles. The molecule has 26 heavy (non-hydrogen) atoms. The summed E-state index contributed by atoms with van der Waals surface area (Å²) in [6.45, 7) is 4.70. The summed E-state index contributed by atoms with van der Waals surface area (Å²) in [6, 6.07) is 8.12. The van der Waals surface area contributed by atoms with E-state index in [1.807, 2.05) is 12.1 Å². The molecule has 2 N–H and O–H groups in total. The number of benzene rings is 1. The third-order valence-corrected chi connectivity index (χ3v) is 4.96. The van der Waals surface area contributed by atoms with E-state index >= 15 is 0 Å². The number of rotatable bonds is 7. The van der Waals surface area contributed by atoms with Gasteiger partial charge in [-0.25, -0.2) is 13.1 Å². The Morgan fingerprint density at radius 3 is 2.35 bits per heavy atom. The van der Waals surface area contributed by atoms with Crippen LogP contribution in [0.2, 0.25) is 0 Å². The Kier molecular flexibility index (Phi) is 7.52. The van der Waals surface area contributed by atoms with E-state index in [0.717, 1.165) is 37.9 Å². The van der Waals surface area contributed by atoms with Crippen LogP contribution in [0.5, 0.6) is 5.75 Å². The lowest BCUT2D eigenvalue weighted by atomic mass is 10.2. The maximum atomic E-state index is 11.0. The summed E-state index contributed by atoms with van der Waals surface area (Å²) in [6.07, 6.45) is 1.87. The lowest BCUT2D eigenvalue weighted by molar-refractivity contribution is 0.372. The van der Waals surface area contributed by atoms with Crippen molar-refractivity contribution < 1.29 is 13.2 Å². The Morgan fingerprint density at radius 2 is 1.81 bits per heavy atom. The van der Waals surface area contributed by atoms with Crippen LogP contribution >= 0.6 is 0 Å². The van der Waals surface area contributed by atoms with Crippen molar-refractivity contribution >= 4 is 21.7 Å². The normalized spacial score (nSPS) is 15.9. The molecule has 0 aromatic heterocycles. The van der Waals surface area contributed by atoms with Gasteiger partial charge in [-0.2, -0.15) is 0 Å². The Morgan fingerprint density at radius 1 is 1.15 bits per heavy atom. The van der Waals surface area contributed by atoms with Gasteiger partial charge in [0.2, 0.25) is 10.0 Å². The molecule has 0 saturated carbocycles. The number of guanidine groups is 1. The van der Waals surface area contributed by atoms with Crippen LogP contribution in [-0.2, 0) is 10.0 Å². The third-order valence-electron chi connectivity index (χ3n) is 4.23. The lowest BCUT2D eigenvalue weighted by Crippen LogP contribution is -2.52. The number of nitrogens with one attached hydrogen (secondary N) is 2. The third kappa shape index (κ3) is 6.38. The molecule has 0 unspecified atom stereocenters. The van der Waals surface area contributed by atoms with E-state index < -0.39 is 10.0 Å². The number of aliphatic imine (C=N–C) groups is 1. The van der Waals surface area contributed by atoms with Crippen LogP contribution < -0.4 is 19.7 Å². The number of piperazine rings is 1. The average Bonchev–Trinajstić information content (AvgIpc) is 2.64. The van der Waals surface area contributed by atoms with Gasteiger partial charge >= 0.3 is 0 Å². The fourth-order valence-electron chi connectivity index (χ4n) is 2.85. The van der Waals surface area contributed by atoms with Crippen molar-refractivity contribution in [2.45, 2.75) is 6.42 Å². The molecule has 1 fully saturated rings. The predicted molar refractivity (Wildman–Crippen MR) is 106 cm³/mol. The Labute approximate surface area is 156 Å². The number of ether oxygens (including phenoxy) is 1. The summed E-state index contributed by atoms with van der Waals surface area (Å²) in [4.78, 5) is 8.91. The highest BCUT2D eigenvalue weighted by atomic mass is 32.2. The molecule has 0 radical (unpaired) electrons. The van der Waals surface area contributed by atoms with Gasteiger partial charge in [-0.3, -0.25) is 4.99 Å². The van der Waals surface area contributed by atoms with Gasteiger partial charge in [-0.15, -0.1) is 0 Å². The van der Waals surface area contributed by atoms with E-state index in [-0.39, 0.29) is 0 Å². The zero-order chi connectivity index (χ0) is 19.0. The van der Waals surface area contributed by atoms with Crippen LogP contribution in [0.15, 0.2) is 29.3 Å². The van der Waals surface area contributed by atoms with Gasteiger partial charge in [0.05, 0.1) is 13.4 Å². The summed E-state index contributed by atoms with van der Waals surface area (Å²) < 4.78 is 29.8. The van der Waals surface area contributed by atoms with Gasteiger partial charge in [-0.05, 0) is 30.7 Å². The molecule has 1 saturated heterocycles. The first-order valence-corrected chi connectivity index (χ1v) is 10.6. The quantitative estimate of drug-likeness (QED) is 0.401. The highest BCUT2D eigenvalue weighted by molar-refractivity contribution is 7.88. The highest BCUT2D eigenvalue weighted by Crippen LogP contribution is 2.20. The Hall–Kier alpha value is -2.00. The summed E-state index contributed by atoms with van der Waals surface area (Å²) in [5, 5.41) is 3.30. The van der Waals surface area contributed by atoms with Crippen LogP contribution in [0.4, 0.5) is 5.69 Å². The molecule has 1 aliphatic rings. The lowest BCUT2D eigenvalue weighted by Gasteiger charge is -2.37. The minimum absolute atomic E-state index is 0.425. The summed E-state index contributed by atoms with van der Waals surface area (Å²) in [5.74, 6) is 1.72. The molecule has 9 heteroatoms. The first kappa shape index (κ1) is 20.3. The minimum Gasteiger partial charge on any atom is -0.497 e. The smallest absolute Gasteiger partial charge is 0.208 e. The maximum Gasteiger partial charge on any atom is 0.208 e. The standard InChI is InChI=1S/C17H29N5O3S/c1-18-17(19-9-4-10-20-26(3,23)24)22-13-11-21(12-14-22)15-5-7-16(25-2)8-6-15/h5-8,20H,4,9-14H2,1-3H3,(H,18,19). The second kappa shape index (κ2) is 9.63. The molecule has 1 aromatic rings. The van der Waals surface area contributed by atoms with E-state index in [9.17, 15) is 8.42 Å². The van der Waals surface area contributed by atoms with E-state index in [1.165, 1.54) is 11.9 Å². The van der Waals surface area contributed by atoms with Crippen molar-refractivity contribution in [3.05, 3.63) is 24.3 Å². The molecular formula is C17H29N5O3S. The molecule has 8 nitrogen and oxygen atoms in total. The van der Waals surface area contributed by atoms with Crippen LogP contribution in [0, 0.1) is 0 Å². The van der Waals surface area contributed by atoms with Gasteiger partial charge in [0.15, 0.2) is 5.96 Å². The molecule has 0 spiro atoms. The average molecular weight is 384 g/mol. The maximum absolute atomic E-state index is 11.0. The molecule has 1 heterocycles. The molecule has 1 aliphatic heterocycles. The number of nitrogens with zero attached hydrogens (tertiary/aromatic N) is 3. The largest absolute Gasteiger partial charge is 0.497 e. The van der Waals surface area contributed by atoms with Gasteiger partial charge < -0.3 is 19.9 Å².